The SMILES string of the molecule is Cc1ccc(CC(=O)Nc2nc3ccc([N+](=O)[O-])cc3s2)cc1. The zero-order valence-corrected chi connectivity index (χ0v) is 13.1. The number of aromatic nitrogens is 1. The number of thiazole rings is 1. The Morgan fingerprint density at radius 3 is 2.70 bits per heavy atom. The maximum absolute atomic E-state index is 12.1. The summed E-state index contributed by atoms with van der Waals surface area (Å²) < 4.78 is 0.671. The molecule has 0 spiro atoms. The molecule has 0 atom stereocenters. The van der Waals surface area contributed by atoms with Crippen LogP contribution in [0.1, 0.15) is 11.1 Å². The van der Waals surface area contributed by atoms with Gasteiger partial charge in [0.1, 0.15) is 0 Å². The Hall–Kier alpha value is -2.80. The van der Waals surface area contributed by atoms with Crippen molar-refractivity contribution in [3.05, 3.63) is 63.7 Å². The van der Waals surface area contributed by atoms with Crippen LogP contribution in [0.25, 0.3) is 10.2 Å². The highest BCUT2D eigenvalue weighted by Gasteiger charge is 2.12. The van der Waals surface area contributed by atoms with Gasteiger partial charge in [0.2, 0.25) is 5.91 Å². The normalized spacial score (nSPS) is 10.7. The standard InChI is InChI=1S/C16H13N3O3S/c1-10-2-4-11(5-3-10)8-15(20)18-16-17-13-7-6-12(19(21)22)9-14(13)23-16/h2-7,9H,8H2,1H3,(H,17,18,20). The molecule has 3 aromatic rings. The summed E-state index contributed by atoms with van der Waals surface area (Å²) in [5.74, 6) is -0.164. The van der Waals surface area contributed by atoms with E-state index in [1.165, 1.54) is 23.5 Å². The van der Waals surface area contributed by atoms with E-state index in [9.17, 15) is 14.9 Å². The van der Waals surface area contributed by atoms with Crippen LogP contribution in [0.15, 0.2) is 42.5 Å². The minimum Gasteiger partial charge on any atom is -0.302 e. The Kier molecular flexibility index (Phi) is 4.03. The fraction of sp³-hybridized carbons (Fsp3) is 0.125. The first kappa shape index (κ1) is 15.1. The lowest BCUT2D eigenvalue weighted by atomic mass is 10.1. The largest absolute Gasteiger partial charge is 0.302 e. The molecule has 1 amide bonds. The van der Waals surface area contributed by atoms with Gasteiger partial charge < -0.3 is 5.32 Å². The number of non-ortho nitro benzene ring substituents is 1. The zero-order chi connectivity index (χ0) is 16.4. The summed E-state index contributed by atoms with van der Waals surface area (Å²) in [5.41, 5.74) is 2.71. The maximum atomic E-state index is 12.1. The summed E-state index contributed by atoms with van der Waals surface area (Å²) in [6.07, 6.45) is 0.260. The second-order valence-electron chi connectivity index (χ2n) is 5.14. The number of hydrogen-bond donors (Lipinski definition) is 1. The number of aryl methyl sites for hydroxylation is 1. The molecule has 0 aliphatic heterocycles. The maximum Gasteiger partial charge on any atom is 0.270 e. The highest BCUT2D eigenvalue weighted by molar-refractivity contribution is 7.22. The van der Waals surface area contributed by atoms with E-state index >= 15 is 0 Å². The summed E-state index contributed by atoms with van der Waals surface area (Å²) in [7, 11) is 0. The highest BCUT2D eigenvalue weighted by atomic mass is 32.1. The smallest absolute Gasteiger partial charge is 0.270 e. The predicted molar refractivity (Wildman–Crippen MR) is 89.8 cm³/mol. The number of nitrogens with one attached hydrogen (secondary N) is 1. The van der Waals surface area contributed by atoms with E-state index in [1.54, 1.807) is 6.07 Å². The van der Waals surface area contributed by atoms with Crippen molar-refractivity contribution in [2.45, 2.75) is 13.3 Å². The third-order valence-electron chi connectivity index (χ3n) is 3.31. The number of nitrogens with zero attached hydrogens (tertiary/aromatic N) is 2. The highest BCUT2D eigenvalue weighted by Crippen LogP contribution is 2.29. The number of hydrogen-bond acceptors (Lipinski definition) is 5. The van der Waals surface area contributed by atoms with Gasteiger partial charge in [-0.05, 0) is 18.6 Å². The van der Waals surface area contributed by atoms with Gasteiger partial charge in [0, 0.05) is 12.1 Å². The molecule has 0 aliphatic rings. The van der Waals surface area contributed by atoms with Crippen molar-refractivity contribution >= 4 is 38.3 Å². The summed E-state index contributed by atoms with van der Waals surface area (Å²) in [6, 6.07) is 12.2. The molecule has 0 unspecified atom stereocenters. The summed E-state index contributed by atoms with van der Waals surface area (Å²) in [4.78, 5) is 26.7. The van der Waals surface area contributed by atoms with Gasteiger partial charge in [-0.3, -0.25) is 14.9 Å². The van der Waals surface area contributed by atoms with E-state index < -0.39 is 4.92 Å². The van der Waals surface area contributed by atoms with Gasteiger partial charge in [0.15, 0.2) is 5.13 Å². The van der Waals surface area contributed by atoms with Crippen molar-refractivity contribution in [3.8, 4) is 0 Å². The van der Waals surface area contributed by atoms with Gasteiger partial charge in [-0.15, -0.1) is 0 Å². The second-order valence-corrected chi connectivity index (χ2v) is 6.17. The lowest BCUT2D eigenvalue weighted by Crippen LogP contribution is -2.14. The molecule has 3 rings (SSSR count). The number of amides is 1. The Bertz CT molecular complexity index is 887. The molecule has 6 nitrogen and oxygen atoms in total. The molecule has 116 valence electrons. The zero-order valence-electron chi connectivity index (χ0n) is 12.3. The fourth-order valence-corrected chi connectivity index (χ4v) is 3.05. The molecule has 0 saturated carbocycles. The molecule has 1 heterocycles. The average molecular weight is 327 g/mol. The van der Waals surface area contributed by atoms with Crippen LogP contribution in [0, 0.1) is 17.0 Å². The van der Waals surface area contributed by atoms with Crippen LogP contribution in [0.3, 0.4) is 0 Å². The minimum absolute atomic E-state index is 0.0127. The van der Waals surface area contributed by atoms with Gasteiger partial charge >= 0.3 is 0 Å². The Balaban J connectivity index is 1.74. The van der Waals surface area contributed by atoms with Crippen molar-refractivity contribution in [1.82, 2.24) is 4.98 Å². The molecule has 1 aromatic heterocycles. The van der Waals surface area contributed by atoms with Crippen LogP contribution >= 0.6 is 11.3 Å². The predicted octanol–water partition coefficient (Wildman–Crippen LogP) is 3.69. The number of nitro benzene ring substituents is 1. The van der Waals surface area contributed by atoms with E-state index in [4.69, 9.17) is 0 Å². The molecule has 2 aromatic carbocycles. The van der Waals surface area contributed by atoms with Crippen LogP contribution in [-0.4, -0.2) is 15.8 Å². The van der Waals surface area contributed by atoms with Crippen molar-refractivity contribution in [2.24, 2.45) is 0 Å². The third-order valence-corrected chi connectivity index (χ3v) is 4.25. The number of benzene rings is 2. The Morgan fingerprint density at radius 1 is 1.26 bits per heavy atom. The van der Waals surface area contributed by atoms with Crippen molar-refractivity contribution in [1.29, 1.82) is 0 Å². The van der Waals surface area contributed by atoms with Crippen LogP contribution < -0.4 is 5.32 Å². The van der Waals surface area contributed by atoms with Crippen LogP contribution in [0.2, 0.25) is 0 Å². The first-order valence-electron chi connectivity index (χ1n) is 6.91. The molecule has 0 bridgehead atoms. The van der Waals surface area contributed by atoms with E-state index in [1.807, 2.05) is 31.2 Å². The van der Waals surface area contributed by atoms with Gasteiger partial charge in [0.05, 0.1) is 21.6 Å². The van der Waals surface area contributed by atoms with Gasteiger partial charge in [-0.1, -0.05) is 41.2 Å². The quantitative estimate of drug-likeness (QED) is 0.585. The lowest BCUT2D eigenvalue weighted by Gasteiger charge is -2.02. The van der Waals surface area contributed by atoms with Crippen molar-refractivity contribution in [3.63, 3.8) is 0 Å². The summed E-state index contributed by atoms with van der Waals surface area (Å²) in [5, 5.41) is 14.0. The average Bonchev–Trinajstić information content (AvgIpc) is 2.90. The van der Waals surface area contributed by atoms with Crippen molar-refractivity contribution in [2.75, 3.05) is 5.32 Å². The van der Waals surface area contributed by atoms with Crippen LogP contribution in [0.5, 0.6) is 0 Å². The minimum atomic E-state index is -0.450. The van der Waals surface area contributed by atoms with Gasteiger partial charge in [-0.2, -0.15) is 0 Å². The first-order chi connectivity index (χ1) is 11.0. The molecule has 0 radical (unpaired) electrons. The molecule has 0 fully saturated rings. The number of rotatable bonds is 4. The number of carbonyl (C=O) groups is 1. The third kappa shape index (κ3) is 3.51. The Labute approximate surface area is 135 Å². The number of anilines is 1. The van der Waals surface area contributed by atoms with Crippen LogP contribution in [0.4, 0.5) is 10.8 Å². The van der Waals surface area contributed by atoms with E-state index in [0.29, 0.717) is 15.3 Å². The van der Waals surface area contributed by atoms with Gasteiger partial charge in [-0.25, -0.2) is 4.98 Å². The molecule has 0 saturated heterocycles. The van der Waals surface area contributed by atoms with E-state index in [2.05, 4.69) is 10.3 Å². The lowest BCUT2D eigenvalue weighted by molar-refractivity contribution is -0.384. The van der Waals surface area contributed by atoms with E-state index in [-0.39, 0.29) is 18.0 Å². The van der Waals surface area contributed by atoms with Crippen molar-refractivity contribution < 1.29 is 9.72 Å². The molecule has 1 N–H and O–H groups in total. The molecule has 0 aliphatic carbocycles. The fourth-order valence-electron chi connectivity index (χ4n) is 2.14. The number of nitro groups is 1. The summed E-state index contributed by atoms with van der Waals surface area (Å²) >= 11 is 1.22. The topological polar surface area (TPSA) is 85.1 Å². The van der Waals surface area contributed by atoms with E-state index in [0.717, 1.165) is 11.1 Å². The molecule has 7 heteroatoms. The Morgan fingerprint density at radius 2 is 2.00 bits per heavy atom. The molecule has 23 heavy (non-hydrogen) atoms. The molecular weight excluding hydrogens is 314 g/mol. The first-order valence-corrected chi connectivity index (χ1v) is 7.73. The van der Waals surface area contributed by atoms with Gasteiger partial charge in [0.25, 0.3) is 5.69 Å². The summed E-state index contributed by atoms with van der Waals surface area (Å²) in [6.45, 7) is 1.99. The van der Waals surface area contributed by atoms with Crippen LogP contribution in [-0.2, 0) is 11.2 Å². The number of carbonyl (C=O) groups excluding carboxylic acids is 1. The monoisotopic (exact) mass is 327 g/mol. The number of fused-ring (bicyclic) bond motifs is 1. The molecular formula is C16H13N3O3S. The second kappa shape index (κ2) is 6.13.